The molecule has 7 nitrogen and oxygen atoms in total. The standard InChI is InChI=1S/C20H25N5O2/c1-14-4-2-3-10-24(14)20(27)15-5-7-16(8-6-15)23-19(26)18-22-13-17-12-21-9-11-25(17)18/h5-8,13-14,21H,2-4,9-12H2,1H3,(H,23,26). The highest BCUT2D eigenvalue weighted by molar-refractivity contribution is 6.02. The monoisotopic (exact) mass is 367 g/mol. The first-order chi connectivity index (χ1) is 13.1. The first-order valence-electron chi connectivity index (χ1n) is 9.61. The van der Waals surface area contributed by atoms with Crippen molar-refractivity contribution in [3.05, 3.63) is 47.5 Å². The molecule has 1 unspecified atom stereocenters. The molecule has 2 amide bonds. The van der Waals surface area contributed by atoms with Crippen LogP contribution in [0.5, 0.6) is 0 Å². The van der Waals surface area contributed by atoms with Crippen LogP contribution in [-0.2, 0) is 13.1 Å². The minimum absolute atomic E-state index is 0.0647. The minimum atomic E-state index is -0.230. The number of piperidine rings is 1. The highest BCUT2D eigenvalue weighted by Gasteiger charge is 2.24. The van der Waals surface area contributed by atoms with E-state index in [1.54, 1.807) is 30.5 Å². The molecule has 27 heavy (non-hydrogen) atoms. The fourth-order valence-corrected chi connectivity index (χ4v) is 3.84. The van der Waals surface area contributed by atoms with Crippen molar-refractivity contribution in [1.29, 1.82) is 0 Å². The van der Waals surface area contributed by atoms with Crippen LogP contribution in [0.3, 0.4) is 0 Å². The van der Waals surface area contributed by atoms with Gasteiger partial charge >= 0.3 is 0 Å². The average molecular weight is 367 g/mol. The Morgan fingerprint density at radius 3 is 2.78 bits per heavy atom. The molecule has 1 aromatic heterocycles. The number of anilines is 1. The number of fused-ring (bicyclic) bond motifs is 1. The van der Waals surface area contributed by atoms with Gasteiger partial charge in [-0.1, -0.05) is 0 Å². The Hall–Kier alpha value is -2.67. The molecule has 7 heteroatoms. The number of hydrogen-bond donors (Lipinski definition) is 2. The van der Waals surface area contributed by atoms with Gasteiger partial charge in [0.2, 0.25) is 0 Å². The molecule has 0 saturated carbocycles. The van der Waals surface area contributed by atoms with Gasteiger partial charge in [-0.05, 0) is 50.5 Å². The van der Waals surface area contributed by atoms with Crippen LogP contribution >= 0.6 is 0 Å². The fourth-order valence-electron chi connectivity index (χ4n) is 3.84. The summed E-state index contributed by atoms with van der Waals surface area (Å²) in [5, 5.41) is 6.14. The van der Waals surface area contributed by atoms with Crippen LogP contribution in [0, 0.1) is 0 Å². The first kappa shape index (κ1) is 17.7. The molecule has 142 valence electrons. The summed E-state index contributed by atoms with van der Waals surface area (Å²) in [6.45, 7) is 5.21. The SMILES string of the molecule is CC1CCCCN1C(=O)c1ccc(NC(=O)c2ncc3n2CCNC3)cc1. The van der Waals surface area contributed by atoms with Crippen molar-refractivity contribution in [3.8, 4) is 0 Å². The van der Waals surface area contributed by atoms with E-state index >= 15 is 0 Å². The third-order valence-electron chi connectivity index (χ3n) is 5.41. The van der Waals surface area contributed by atoms with Crippen LogP contribution in [0.2, 0.25) is 0 Å². The van der Waals surface area contributed by atoms with E-state index in [0.29, 0.717) is 17.1 Å². The molecule has 2 aliphatic heterocycles. The van der Waals surface area contributed by atoms with E-state index in [9.17, 15) is 9.59 Å². The summed E-state index contributed by atoms with van der Waals surface area (Å²) in [6.07, 6.45) is 5.05. The van der Waals surface area contributed by atoms with Crippen LogP contribution in [0.15, 0.2) is 30.5 Å². The van der Waals surface area contributed by atoms with Gasteiger partial charge in [0.25, 0.3) is 11.8 Å². The van der Waals surface area contributed by atoms with Gasteiger partial charge in [0.1, 0.15) is 0 Å². The van der Waals surface area contributed by atoms with Crippen LogP contribution in [0.4, 0.5) is 5.69 Å². The lowest BCUT2D eigenvalue weighted by atomic mass is 10.0. The smallest absolute Gasteiger partial charge is 0.291 e. The molecule has 0 bridgehead atoms. The Kier molecular flexibility index (Phi) is 4.94. The maximum Gasteiger partial charge on any atom is 0.291 e. The van der Waals surface area contributed by atoms with E-state index in [4.69, 9.17) is 0 Å². The largest absolute Gasteiger partial charge is 0.336 e. The zero-order valence-corrected chi connectivity index (χ0v) is 15.6. The Morgan fingerprint density at radius 1 is 1.19 bits per heavy atom. The van der Waals surface area contributed by atoms with Crippen LogP contribution in [0.1, 0.15) is 52.9 Å². The van der Waals surface area contributed by atoms with Crippen molar-refractivity contribution in [2.75, 3.05) is 18.4 Å². The molecular weight excluding hydrogens is 342 g/mol. The maximum atomic E-state index is 12.7. The van der Waals surface area contributed by atoms with Crippen molar-refractivity contribution in [2.24, 2.45) is 0 Å². The summed E-state index contributed by atoms with van der Waals surface area (Å²) in [5.74, 6) is 0.260. The summed E-state index contributed by atoms with van der Waals surface area (Å²) in [4.78, 5) is 31.5. The number of likely N-dealkylation sites (tertiary alicyclic amines) is 1. The molecule has 1 saturated heterocycles. The van der Waals surface area contributed by atoms with Gasteiger partial charge in [0.15, 0.2) is 5.82 Å². The third-order valence-corrected chi connectivity index (χ3v) is 5.41. The quantitative estimate of drug-likeness (QED) is 0.872. The topological polar surface area (TPSA) is 79.3 Å². The highest BCUT2D eigenvalue weighted by Crippen LogP contribution is 2.20. The lowest BCUT2D eigenvalue weighted by Crippen LogP contribution is -2.42. The molecule has 0 aliphatic carbocycles. The lowest BCUT2D eigenvalue weighted by molar-refractivity contribution is 0.0635. The van der Waals surface area contributed by atoms with E-state index in [-0.39, 0.29) is 17.9 Å². The summed E-state index contributed by atoms with van der Waals surface area (Å²) in [7, 11) is 0. The number of benzene rings is 1. The summed E-state index contributed by atoms with van der Waals surface area (Å²) in [5.41, 5.74) is 2.34. The van der Waals surface area contributed by atoms with Crippen molar-refractivity contribution >= 4 is 17.5 Å². The molecular formula is C20H25N5O2. The van der Waals surface area contributed by atoms with E-state index < -0.39 is 0 Å². The van der Waals surface area contributed by atoms with E-state index in [2.05, 4.69) is 22.5 Å². The van der Waals surface area contributed by atoms with E-state index in [1.807, 2.05) is 9.47 Å². The number of nitrogens with one attached hydrogen (secondary N) is 2. The van der Waals surface area contributed by atoms with E-state index in [1.165, 1.54) is 6.42 Å². The molecule has 0 radical (unpaired) electrons. The number of rotatable bonds is 3. The zero-order chi connectivity index (χ0) is 18.8. The maximum absolute atomic E-state index is 12.7. The molecule has 1 aromatic carbocycles. The van der Waals surface area contributed by atoms with Crippen LogP contribution in [-0.4, -0.2) is 45.4 Å². The summed E-state index contributed by atoms with van der Waals surface area (Å²) in [6, 6.07) is 7.41. The lowest BCUT2D eigenvalue weighted by Gasteiger charge is -2.33. The molecule has 0 spiro atoms. The molecule has 2 aromatic rings. The Morgan fingerprint density at radius 2 is 2.00 bits per heavy atom. The zero-order valence-electron chi connectivity index (χ0n) is 15.6. The number of imidazole rings is 1. The van der Waals surface area contributed by atoms with Crippen molar-refractivity contribution < 1.29 is 9.59 Å². The van der Waals surface area contributed by atoms with Crippen molar-refractivity contribution in [2.45, 2.75) is 45.3 Å². The number of nitrogens with zero attached hydrogens (tertiary/aromatic N) is 3. The number of carbonyl (C=O) groups excluding carboxylic acids is 2. The van der Waals surface area contributed by atoms with Gasteiger partial charge in [0.05, 0.1) is 11.9 Å². The Labute approximate surface area is 158 Å². The number of carbonyl (C=O) groups is 2. The van der Waals surface area contributed by atoms with Crippen LogP contribution < -0.4 is 10.6 Å². The number of aromatic nitrogens is 2. The molecule has 1 atom stereocenters. The second-order valence-electron chi connectivity index (χ2n) is 7.28. The van der Waals surface area contributed by atoms with Gasteiger partial charge in [-0.15, -0.1) is 0 Å². The van der Waals surface area contributed by atoms with Gasteiger partial charge in [-0.3, -0.25) is 9.59 Å². The third kappa shape index (κ3) is 3.60. The van der Waals surface area contributed by atoms with E-state index in [0.717, 1.165) is 44.7 Å². The van der Waals surface area contributed by atoms with Crippen molar-refractivity contribution in [3.63, 3.8) is 0 Å². The second kappa shape index (κ2) is 7.52. The predicted octanol–water partition coefficient (Wildman–Crippen LogP) is 2.25. The minimum Gasteiger partial charge on any atom is -0.336 e. The Balaban J connectivity index is 1.44. The van der Waals surface area contributed by atoms with Gasteiger partial charge < -0.3 is 20.1 Å². The highest BCUT2D eigenvalue weighted by atomic mass is 16.2. The second-order valence-corrected chi connectivity index (χ2v) is 7.28. The Bertz CT molecular complexity index is 843. The van der Waals surface area contributed by atoms with Crippen molar-refractivity contribution in [1.82, 2.24) is 19.8 Å². The summed E-state index contributed by atoms with van der Waals surface area (Å²) < 4.78 is 1.95. The number of hydrogen-bond acceptors (Lipinski definition) is 4. The normalized spacial score (nSPS) is 19.4. The fraction of sp³-hybridized carbons (Fsp3) is 0.450. The van der Waals surface area contributed by atoms with Gasteiger partial charge in [-0.2, -0.15) is 0 Å². The molecule has 1 fully saturated rings. The van der Waals surface area contributed by atoms with Gasteiger partial charge in [0, 0.05) is 43.5 Å². The first-order valence-corrected chi connectivity index (χ1v) is 9.61. The molecule has 3 heterocycles. The molecule has 2 aliphatic rings. The van der Waals surface area contributed by atoms with Crippen LogP contribution in [0.25, 0.3) is 0 Å². The van der Waals surface area contributed by atoms with Gasteiger partial charge in [-0.25, -0.2) is 4.98 Å². The summed E-state index contributed by atoms with van der Waals surface area (Å²) >= 11 is 0. The molecule has 4 rings (SSSR count). The number of amides is 2. The average Bonchev–Trinajstić information content (AvgIpc) is 3.13. The predicted molar refractivity (Wildman–Crippen MR) is 103 cm³/mol. The molecule has 2 N–H and O–H groups in total.